The molecule has 166 valence electrons. The van der Waals surface area contributed by atoms with Crippen molar-refractivity contribution in [2.45, 2.75) is 71.5 Å². The van der Waals surface area contributed by atoms with Crippen molar-refractivity contribution in [2.24, 2.45) is 5.92 Å². The Bertz CT molecular complexity index is 404. The van der Waals surface area contributed by atoms with Crippen LogP contribution in [0.4, 0.5) is 0 Å². The maximum atomic E-state index is 12.4. The van der Waals surface area contributed by atoms with Gasteiger partial charge in [0.25, 0.3) is 10.1 Å². The standard InChI is InChI=1S/C13H28O3S.C6H14O4/c1-6-9-11-16-17(14,15)13(8-3,10-7-2)12(4)5;7-1-3-9-5-6-10-4-2-8/h12H,6-11H2,1-5H3;7-8H,1-6H2. The van der Waals surface area contributed by atoms with Gasteiger partial charge in [-0.15, -0.1) is 0 Å². The van der Waals surface area contributed by atoms with Crippen LogP contribution in [-0.2, 0) is 23.8 Å². The number of aliphatic hydroxyl groups is 2. The zero-order chi connectivity index (χ0) is 21.2. The quantitative estimate of drug-likeness (QED) is 0.296. The molecular formula is C19H42O7S. The molecule has 1 unspecified atom stereocenters. The van der Waals surface area contributed by atoms with Gasteiger partial charge in [0.15, 0.2) is 0 Å². The van der Waals surface area contributed by atoms with Crippen LogP contribution in [0.1, 0.15) is 66.7 Å². The first kappa shape index (κ1) is 29.0. The first-order chi connectivity index (χ1) is 12.8. The Morgan fingerprint density at radius 1 is 0.852 bits per heavy atom. The second-order valence-electron chi connectivity index (χ2n) is 6.62. The molecule has 0 fully saturated rings. The summed E-state index contributed by atoms with van der Waals surface area (Å²) < 4.78 is 39.0. The number of unbranched alkanes of at least 4 members (excludes halogenated alkanes) is 1. The van der Waals surface area contributed by atoms with Gasteiger partial charge in [0.1, 0.15) is 0 Å². The minimum absolute atomic E-state index is 0.0417. The molecule has 0 aliphatic rings. The summed E-state index contributed by atoms with van der Waals surface area (Å²) in [5.74, 6) is 0.0825. The van der Waals surface area contributed by atoms with Gasteiger partial charge in [-0.05, 0) is 25.2 Å². The Morgan fingerprint density at radius 2 is 1.37 bits per heavy atom. The summed E-state index contributed by atoms with van der Waals surface area (Å²) in [6, 6.07) is 0. The number of ether oxygens (including phenoxy) is 2. The van der Waals surface area contributed by atoms with Crippen molar-refractivity contribution in [1.82, 2.24) is 0 Å². The lowest BCUT2D eigenvalue weighted by molar-refractivity contribution is 0.0222. The molecule has 0 aromatic carbocycles. The van der Waals surface area contributed by atoms with Crippen molar-refractivity contribution >= 4 is 10.1 Å². The minimum Gasteiger partial charge on any atom is -0.394 e. The normalized spacial score (nSPS) is 13.9. The van der Waals surface area contributed by atoms with E-state index in [0.29, 0.717) is 45.9 Å². The molecule has 0 bridgehead atoms. The van der Waals surface area contributed by atoms with Crippen LogP contribution in [0.25, 0.3) is 0 Å². The highest BCUT2D eigenvalue weighted by Crippen LogP contribution is 2.36. The summed E-state index contributed by atoms with van der Waals surface area (Å²) in [6.45, 7) is 12.0. The van der Waals surface area contributed by atoms with Gasteiger partial charge in [0, 0.05) is 0 Å². The molecule has 0 radical (unpaired) electrons. The van der Waals surface area contributed by atoms with Gasteiger partial charge in [-0.3, -0.25) is 4.18 Å². The topological polar surface area (TPSA) is 102 Å². The fraction of sp³-hybridized carbons (Fsp3) is 1.00. The average molecular weight is 415 g/mol. The predicted octanol–water partition coefficient (Wildman–Crippen LogP) is 2.74. The number of aliphatic hydroxyl groups excluding tert-OH is 2. The molecule has 0 aliphatic heterocycles. The lowest BCUT2D eigenvalue weighted by Gasteiger charge is -2.35. The Morgan fingerprint density at radius 3 is 1.70 bits per heavy atom. The van der Waals surface area contributed by atoms with Crippen molar-refractivity contribution < 1.29 is 32.3 Å². The number of hydrogen-bond acceptors (Lipinski definition) is 7. The Kier molecular flexibility index (Phi) is 19.1. The van der Waals surface area contributed by atoms with Crippen molar-refractivity contribution in [3.8, 4) is 0 Å². The SMILES string of the molecule is CCCCOS(=O)(=O)C(CC)(CCC)C(C)C.OCCOCCOCCO. The Hall–Kier alpha value is -0.250. The zero-order valence-electron chi connectivity index (χ0n) is 17.9. The Balaban J connectivity index is 0. The molecule has 27 heavy (non-hydrogen) atoms. The molecule has 0 saturated carbocycles. The van der Waals surface area contributed by atoms with E-state index >= 15 is 0 Å². The summed E-state index contributed by atoms with van der Waals surface area (Å²) in [4.78, 5) is 0. The zero-order valence-corrected chi connectivity index (χ0v) is 18.7. The van der Waals surface area contributed by atoms with Crippen LogP contribution in [0.2, 0.25) is 0 Å². The molecule has 0 amide bonds. The van der Waals surface area contributed by atoms with Gasteiger partial charge < -0.3 is 19.7 Å². The maximum Gasteiger partial charge on any atom is 0.273 e. The molecule has 7 nitrogen and oxygen atoms in total. The van der Waals surface area contributed by atoms with Gasteiger partial charge in [-0.1, -0.05) is 47.5 Å². The van der Waals surface area contributed by atoms with Crippen LogP contribution in [0.15, 0.2) is 0 Å². The van der Waals surface area contributed by atoms with E-state index in [1.807, 2.05) is 34.6 Å². The lowest BCUT2D eigenvalue weighted by atomic mass is 9.88. The third-order valence-electron chi connectivity index (χ3n) is 4.40. The summed E-state index contributed by atoms with van der Waals surface area (Å²) in [5.41, 5.74) is 0. The van der Waals surface area contributed by atoms with E-state index in [2.05, 4.69) is 0 Å². The molecule has 1 atom stereocenters. The van der Waals surface area contributed by atoms with Crippen molar-refractivity contribution in [2.75, 3.05) is 46.2 Å². The van der Waals surface area contributed by atoms with Crippen LogP contribution >= 0.6 is 0 Å². The average Bonchev–Trinajstić information content (AvgIpc) is 2.63. The van der Waals surface area contributed by atoms with Crippen LogP contribution in [0.5, 0.6) is 0 Å². The predicted molar refractivity (Wildman–Crippen MR) is 108 cm³/mol. The van der Waals surface area contributed by atoms with Crippen molar-refractivity contribution in [3.63, 3.8) is 0 Å². The van der Waals surface area contributed by atoms with Crippen LogP contribution in [0.3, 0.4) is 0 Å². The summed E-state index contributed by atoms with van der Waals surface area (Å²) in [5, 5.41) is 16.5. The maximum absolute atomic E-state index is 12.4. The van der Waals surface area contributed by atoms with E-state index in [1.54, 1.807) is 0 Å². The monoisotopic (exact) mass is 414 g/mol. The molecule has 0 heterocycles. The van der Waals surface area contributed by atoms with Crippen LogP contribution < -0.4 is 0 Å². The van der Waals surface area contributed by atoms with Gasteiger partial charge in [-0.2, -0.15) is 8.42 Å². The van der Waals surface area contributed by atoms with Crippen molar-refractivity contribution in [1.29, 1.82) is 0 Å². The van der Waals surface area contributed by atoms with Gasteiger partial charge in [0.2, 0.25) is 0 Å². The molecule has 0 spiro atoms. The molecular weight excluding hydrogens is 372 g/mol. The molecule has 0 rings (SSSR count). The summed E-state index contributed by atoms with van der Waals surface area (Å²) in [7, 11) is -3.47. The van der Waals surface area contributed by atoms with Crippen molar-refractivity contribution in [3.05, 3.63) is 0 Å². The highest BCUT2D eigenvalue weighted by Gasteiger charge is 2.45. The third-order valence-corrected chi connectivity index (χ3v) is 6.84. The molecule has 0 saturated heterocycles. The van der Waals surface area contributed by atoms with Gasteiger partial charge in [0.05, 0.1) is 51.0 Å². The highest BCUT2D eigenvalue weighted by atomic mass is 32.2. The first-order valence-corrected chi connectivity index (χ1v) is 11.5. The van der Waals surface area contributed by atoms with E-state index in [9.17, 15) is 8.42 Å². The second kappa shape index (κ2) is 17.8. The minimum atomic E-state index is -3.47. The Labute approximate surface area is 166 Å². The van der Waals surface area contributed by atoms with E-state index in [4.69, 9.17) is 23.9 Å². The van der Waals surface area contributed by atoms with Gasteiger partial charge in [-0.25, -0.2) is 0 Å². The smallest absolute Gasteiger partial charge is 0.273 e. The van der Waals surface area contributed by atoms with Crippen LogP contribution in [0, 0.1) is 5.92 Å². The van der Waals surface area contributed by atoms with E-state index in [1.165, 1.54) is 0 Å². The second-order valence-corrected chi connectivity index (χ2v) is 8.58. The third kappa shape index (κ3) is 12.0. The van der Waals surface area contributed by atoms with Crippen LogP contribution in [-0.4, -0.2) is 69.6 Å². The number of hydrogen-bond donors (Lipinski definition) is 2. The number of rotatable bonds is 16. The first-order valence-electron chi connectivity index (χ1n) is 10.1. The molecule has 2 N–H and O–H groups in total. The molecule has 0 aromatic heterocycles. The van der Waals surface area contributed by atoms with E-state index in [0.717, 1.165) is 19.3 Å². The molecule has 8 heteroatoms. The largest absolute Gasteiger partial charge is 0.394 e. The van der Waals surface area contributed by atoms with E-state index in [-0.39, 0.29) is 19.1 Å². The van der Waals surface area contributed by atoms with E-state index < -0.39 is 14.9 Å². The fourth-order valence-corrected chi connectivity index (χ4v) is 4.73. The fourth-order valence-electron chi connectivity index (χ4n) is 2.77. The summed E-state index contributed by atoms with van der Waals surface area (Å²) >= 11 is 0. The lowest BCUT2D eigenvalue weighted by Crippen LogP contribution is -2.44. The highest BCUT2D eigenvalue weighted by molar-refractivity contribution is 7.88. The molecule has 0 aliphatic carbocycles. The molecule has 0 aromatic rings. The van der Waals surface area contributed by atoms with Gasteiger partial charge >= 0.3 is 0 Å². The summed E-state index contributed by atoms with van der Waals surface area (Å²) in [6.07, 6.45) is 3.90.